The lowest BCUT2D eigenvalue weighted by Gasteiger charge is -2.28. The Morgan fingerprint density at radius 1 is 1.03 bits per heavy atom. The molecule has 39 heavy (non-hydrogen) atoms. The van der Waals surface area contributed by atoms with Crippen LogP contribution >= 0.6 is 0 Å². The Bertz CT molecular complexity index is 1410. The van der Waals surface area contributed by atoms with Crippen LogP contribution in [0, 0.1) is 0 Å². The smallest absolute Gasteiger partial charge is 0.250 e. The first kappa shape index (κ1) is 25.9. The zero-order chi connectivity index (χ0) is 27.6. The number of carbonyl (C=O) groups is 3. The molecule has 1 saturated heterocycles. The second-order valence-electron chi connectivity index (χ2n) is 10.1. The molecule has 2 heterocycles. The number of amides is 3. The summed E-state index contributed by atoms with van der Waals surface area (Å²) >= 11 is 0. The van der Waals surface area contributed by atoms with Crippen molar-refractivity contribution in [3.63, 3.8) is 0 Å². The molecular weight excluding hydrogens is 492 g/mol. The molecule has 0 saturated carbocycles. The van der Waals surface area contributed by atoms with Crippen molar-refractivity contribution in [2.45, 2.75) is 37.3 Å². The van der Waals surface area contributed by atoms with Crippen LogP contribution in [-0.4, -0.2) is 46.5 Å². The summed E-state index contributed by atoms with van der Waals surface area (Å²) in [6.45, 7) is 5.48. The van der Waals surface area contributed by atoms with Crippen LogP contribution in [0.4, 0.5) is 5.69 Å². The quantitative estimate of drug-likeness (QED) is 0.457. The molecule has 2 atom stereocenters. The highest BCUT2D eigenvalue weighted by Crippen LogP contribution is 2.41. The van der Waals surface area contributed by atoms with Crippen molar-refractivity contribution in [2.75, 3.05) is 11.9 Å². The number of rotatable bonds is 7. The van der Waals surface area contributed by atoms with Crippen LogP contribution in [0.5, 0.6) is 0 Å². The van der Waals surface area contributed by atoms with Gasteiger partial charge in [-0.15, -0.1) is 0 Å². The summed E-state index contributed by atoms with van der Waals surface area (Å²) in [4.78, 5) is 46.3. The maximum absolute atomic E-state index is 14.1. The maximum Gasteiger partial charge on any atom is 0.250 e. The van der Waals surface area contributed by atoms with E-state index in [1.54, 1.807) is 17.9 Å². The second-order valence-corrected chi connectivity index (χ2v) is 10.1. The molecular formula is C31H30N4O4. The Labute approximate surface area is 227 Å². The summed E-state index contributed by atoms with van der Waals surface area (Å²) < 4.78 is 0. The molecule has 8 nitrogen and oxygen atoms in total. The highest BCUT2D eigenvalue weighted by Gasteiger charge is 2.54. The lowest BCUT2D eigenvalue weighted by Crippen LogP contribution is -2.46. The van der Waals surface area contributed by atoms with E-state index in [2.05, 4.69) is 17.1 Å². The molecule has 198 valence electrons. The summed E-state index contributed by atoms with van der Waals surface area (Å²) in [5.41, 5.74) is 9.05. The molecule has 0 aliphatic carbocycles. The minimum atomic E-state index is -0.875. The Kier molecular flexibility index (Phi) is 7.02. The summed E-state index contributed by atoms with van der Waals surface area (Å²) in [5, 5.41) is 7.15. The Morgan fingerprint density at radius 3 is 2.26 bits per heavy atom. The number of primary amides is 1. The number of anilines is 1. The monoisotopic (exact) mass is 522 g/mol. The van der Waals surface area contributed by atoms with Gasteiger partial charge in [0.2, 0.25) is 11.8 Å². The van der Waals surface area contributed by atoms with Gasteiger partial charge in [-0.3, -0.25) is 14.4 Å². The summed E-state index contributed by atoms with van der Waals surface area (Å²) in [6, 6.07) is 25.5. The molecule has 1 unspecified atom stereocenters. The number of nitrogens with two attached hydrogens (primary N) is 1. The fraction of sp³-hybridized carbons (Fsp3) is 0.226. The van der Waals surface area contributed by atoms with Gasteiger partial charge in [0.05, 0.1) is 18.2 Å². The van der Waals surface area contributed by atoms with Crippen molar-refractivity contribution < 1.29 is 19.2 Å². The van der Waals surface area contributed by atoms with Crippen LogP contribution in [0.1, 0.15) is 42.4 Å². The van der Waals surface area contributed by atoms with Gasteiger partial charge in [0.25, 0.3) is 5.91 Å². The average Bonchev–Trinajstić information content (AvgIpc) is 3.54. The molecule has 3 aromatic rings. The average molecular weight is 523 g/mol. The van der Waals surface area contributed by atoms with E-state index in [4.69, 9.17) is 10.6 Å². The van der Waals surface area contributed by atoms with Crippen LogP contribution in [0.25, 0.3) is 0 Å². The number of likely N-dealkylation sites (tertiary alicyclic amines) is 1. The van der Waals surface area contributed by atoms with Gasteiger partial charge in [0.1, 0.15) is 6.04 Å². The van der Waals surface area contributed by atoms with E-state index in [-0.39, 0.29) is 24.8 Å². The fourth-order valence-corrected chi connectivity index (χ4v) is 5.25. The zero-order valence-electron chi connectivity index (χ0n) is 21.7. The van der Waals surface area contributed by atoms with Gasteiger partial charge in [-0.2, -0.15) is 0 Å². The highest BCUT2D eigenvalue weighted by molar-refractivity contribution is 6.05. The van der Waals surface area contributed by atoms with Crippen LogP contribution < -0.4 is 11.1 Å². The minimum absolute atomic E-state index is 0.175. The summed E-state index contributed by atoms with van der Waals surface area (Å²) in [7, 11) is 0. The van der Waals surface area contributed by atoms with Crippen LogP contribution in [-0.2, 0) is 19.2 Å². The molecule has 1 spiro atoms. The van der Waals surface area contributed by atoms with Gasteiger partial charge in [0, 0.05) is 29.7 Å². The van der Waals surface area contributed by atoms with E-state index in [1.165, 1.54) is 0 Å². The van der Waals surface area contributed by atoms with Crippen molar-refractivity contribution in [3.05, 3.63) is 114 Å². The lowest BCUT2D eigenvalue weighted by atomic mass is 9.89. The first-order valence-corrected chi connectivity index (χ1v) is 12.8. The predicted molar refractivity (Wildman–Crippen MR) is 149 cm³/mol. The Hall–Kier alpha value is -4.72. The first-order valence-electron chi connectivity index (χ1n) is 12.8. The van der Waals surface area contributed by atoms with Crippen LogP contribution in [0.2, 0.25) is 0 Å². The van der Waals surface area contributed by atoms with Crippen molar-refractivity contribution in [1.82, 2.24) is 4.90 Å². The number of oxime groups is 1. The molecule has 0 bridgehead atoms. The van der Waals surface area contributed by atoms with Gasteiger partial charge in [0.15, 0.2) is 5.60 Å². The molecule has 0 radical (unpaired) electrons. The van der Waals surface area contributed by atoms with Crippen LogP contribution in [0.3, 0.4) is 0 Å². The Balaban J connectivity index is 1.40. The lowest BCUT2D eigenvalue weighted by molar-refractivity contribution is -0.138. The van der Waals surface area contributed by atoms with Crippen molar-refractivity contribution in [3.8, 4) is 0 Å². The first-order chi connectivity index (χ1) is 18.8. The van der Waals surface area contributed by atoms with E-state index < -0.39 is 23.5 Å². The number of hydrogen-bond acceptors (Lipinski definition) is 5. The number of benzene rings is 3. The van der Waals surface area contributed by atoms with Gasteiger partial charge in [-0.05, 0) is 30.2 Å². The van der Waals surface area contributed by atoms with E-state index in [1.807, 2.05) is 78.9 Å². The topological polar surface area (TPSA) is 114 Å². The van der Waals surface area contributed by atoms with Gasteiger partial charge >= 0.3 is 0 Å². The maximum atomic E-state index is 14.1. The number of nitrogens with one attached hydrogen (secondary N) is 1. The normalized spacial score (nSPS) is 20.0. The molecule has 0 aromatic heterocycles. The standard InChI is InChI=1S/C31H30N4O4/c1-20(2)29(37)33-24-15-9-14-23(16-24)25-17-31(39-34-25)18-26(28(32)36)35(19-31)30(38)27(21-10-5-3-6-11-21)22-12-7-4-8-13-22/h3-16,26-27H,1,17-19H2,2H3,(H2,32,36)(H,33,37)/t26-,31?/m1/s1. The fourth-order valence-electron chi connectivity index (χ4n) is 5.25. The van der Waals surface area contributed by atoms with Gasteiger partial charge in [-0.25, -0.2) is 0 Å². The molecule has 2 aliphatic rings. The third-order valence-corrected chi connectivity index (χ3v) is 7.20. The van der Waals surface area contributed by atoms with Crippen molar-refractivity contribution in [1.29, 1.82) is 0 Å². The van der Waals surface area contributed by atoms with Gasteiger partial charge < -0.3 is 20.8 Å². The minimum Gasteiger partial charge on any atom is -0.387 e. The molecule has 3 aromatic carbocycles. The third kappa shape index (κ3) is 5.31. The van der Waals surface area contributed by atoms with E-state index in [0.717, 1.165) is 16.7 Å². The van der Waals surface area contributed by atoms with Crippen molar-refractivity contribution in [2.24, 2.45) is 10.9 Å². The third-order valence-electron chi connectivity index (χ3n) is 7.20. The van der Waals surface area contributed by atoms with E-state index >= 15 is 0 Å². The molecule has 1 fully saturated rings. The Morgan fingerprint density at radius 2 is 1.67 bits per heavy atom. The van der Waals surface area contributed by atoms with Crippen LogP contribution in [0.15, 0.2) is 102 Å². The van der Waals surface area contributed by atoms with Crippen molar-refractivity contribution >= 4 is 29.1 Å². The summed E-state index contributed by atoms with van der Waals surface area (Å²) in [5.74, 6) is -1.66. The molecule has 5 rings (SSSR count). The van der Waals surface area contributed by atoms with Gasteiger partial charge in [-0.1, -0.05) is 84.5 Å². The van der Waals surface area contributed by atoms with E-state index in [9.17, 15) is 14.4 Å². The largest absolute Gasteiger partial charge is 0.387 e. The highest BCUT2D eigenvalue weighted by atomic mass is 16.7. The number of hydrogen-bond donors (Lipinski definition) is 2. The SMILES string of the molecule is C=C(C)C(=O)Nc1cccc(C2=NOC3(C2)C[C@H](C(N)=O)N(C(=O)C(c2ccccc2)c2ccccc2)C3)c1. The molecule has 3 amide bonds. The molecule has 3 N–H and O–H groups in total. The predicted octanol–water partition coefficient (Wildman–Crippen LogP) is 3.98. The molecule has 2 aliphatic heterocycles. The number of carbonyl (C=O) groups excluding carboxylic acids is 3. The second kappa shape index (κ2) is 10.6. The summed E-state index contributed by atoms with van der Waals surface area (Å²) in [6.07, 6.45) is 0.628. The zero-order valence-corrected chi connectivity index (χ0v) is 21.7. The molecule has 8 heteroatoms. The number of nitrogens with zero attached hydrogens (tertiary/aromatic N) is 2. The van der Waals surface area contributed by atoms with E-state index in [0.29, 0.717) is 23.4 Å².